The van der Waals surface area contributed by atoms with E-state index in [1.165, 1.54) is 6.07 Å². The van der Waals surface area contributed by atoms with E-state index in [1.54, 1.807) is 0 Å². The number of sulfonamides is 1. The summed E-state index contributed by atoms with van der Waals surface area (Å²) in [7, 11) is -3.73. The molecule has 0 aliphatic rings. The predicted molar refractivity (Wildman–Crippen MR) is 79.6 cm³/mol. The number of rotatable bonds is 7. The van der Waals surface area contributed by atoms with Gasteiger partial charge in [0.15, 0.2) is 0 Å². The molecule has 1 heterocycles. The number of thiophene rings is 1. The van der Waals surface area contributed by atoms with Crippen LogP contribution in [0.1, 0.15) is 26.7 Å². The van der Waals surface area contributed by atoms with Crippen LogP contribution in [-0.4, -0.2) is 26.2 Å². The Morgan fingerprint density at radius 1 is 1.37 bits per heavy atom. The van der Waals surface area contributed by atoms with E-state index in [1.807, 2.05) is 13.8 Å². The van der Waals surface area contributed by atoms with E-state index in [2.05, 4.69) is 4.72 Å². The molecule has 1 unspecified atom stereocenters. The number of hydrogen-bond donors (Lipinski definition) is 2. The standard InChI is InChI=1S/C11H17Cl2NO3S2/c1-3-7(4-2)8(15)6-14-19(16,17)9-5-10(12)18-11(9)13/h5,7-8,14-15H,3-4,6H2,1-2H3. The maximum absolute atomic E-state index is 12.0. The molecule has 1 aromatic rings. The van der Waals surface area contributed by atoms with Crippen LogP contribution in [-0.2, 0) is 10.0 Å². The van der Waals surface area contributed by atoms with Crippen LogP contribution in [0.3, 0.4) is 0 Å². The monoisotopic (exact) mass is 345 g/mol. The molecule has 0 radical (unpaired) electrons. The summed E-state index contributed by atoms with van der Waals surface area (Å²) in [6.07, 6.45) is 0.882. The Hall–Kier alpha value is 0.150. The number of aliphatic hydroxyl groups excluding tert-OH is 1. The van der Waals surface area contributed by atoms with Crippen molar-refractivity contribution < 1.29 is 13.5 Å². The van der Waals surface area contributed by atoms with Gasteiger partial charge in [0.05, 0.1) is 10.4 Å². The van der Waals surface area contributed by atoms with E-state index in [4.69, 9.17) is 23.2 Å². The van der Waals surface area contributed by atoms with Crippen molar-refractivity contribution in [2.75, 3.05) is 6.54 Å². The third-order valence-corrected chi connectivity index (χ3v) is 6.17. The van der Waals surface area contributed by atoms with Crippen molar-refractivity contribution >= 4 is 44.6 Å². The molecule has 0 fully saturated rings. The summed E-state index contributed by atoms with van der Waals surface area (Å²) >= 11 is 12.5. The van der Waals surface area contributed by atoms with Gasteiger partial charge in [0.2, 0.25) is 10.0 Å². The Kier molecular flexibility index (Phi) is 6.56. The highest BCUT2D eigenvalue weighted by Crippen LogP contribution is 2.34. The minimum atomic E-state index is -3.73. The molecule has 1 atom stereocenters. The van der Waals surface area contributed by atoms with Gasteiger partial charge >= 0.3 is 0 Å². The summed E-state index contributed by atoms with van der Waals surface area (Å²) in [5.41, 5.74) is 0. The van der Waals surface area contributed by atoms with Crippen molar-refractivity contribution in [1.29, 1.82) is 0 Å². The van der Waals surface area contributed by atoms with E-state index in [9.17, 15) is 13.5 Å². The summed E-state index contributed by atoms with van der Waals surface area (Å²) in [5, 5.41) is 9.91. The van der Waals surface area contributed by atoms with Crippen molar-refractivity contribution in [3.8, 4) is 0 Å². The molecule has 1 rings (SSSR count). The Bertz CT molecular complexity index is 512. The van der Waals surface area contributed by atoms with Crippen LogP contribution in [0.15, 0.2) is 11.0 Å². The van der Waals surface area contributed by atoms with E-state index in [0.29, 0.717) is 4.34 Å². The van der Waals surface area contributed by atoms with Crippen molar-refractivity contribution in [2.45, 2.75) is 37.7 Å². The molecule has 0 amide bonds. The maximum atomic E-state index is 12.0. The Morgan fingerprint density at radius 2 is 1.95 bits per heavy atom. The molecule has 110 valence electrons. The molecule has 2 N–H and O–H groups in total. The number of hydrogen-bond acceptors (Lipinski definition) is 4. The molecule has 4 nitrogen and oxygen atoms in total. The number of nitrogens with one attached hydrogen (secondary N) is 1. The van der Waals surface area contributed by atoms with Gasteiger partial charge in [-0.1, -0.05) is 49.9 Å². The fourth-order valence-electron chi connectivity index (χ4n) is 1.78. The van der Waals surface area contributed by atoms with Gasteiger partial charge in [-0.2, -0.15) is 0 Å². The van der Waals surface area contributed by atoms with Gasteiger partial charge in [0.25, 0.3) is 0 Å². The lowest BCUT2D eigenvalue weighted by atomic mass is 9.97. The summed E-state index contributed by atoms with van der Waals surface area (Å²) in [4.78, 5) is -0.0408. The van der Waals surface area contributed by atoms with Gasteiger partial charge in [-0.25, -0.2) is 13.1 Å². The molecule has 0 aliphatic heterocycles. The molecular weight excluding hydrogens is 329 g/mol. The molecule has 0 aliphatic carbocycles. The third-order valence-electron chi connectivity index (χ3n) is 2.99. The van der Waals surface area contributed by atoms with Crippen molar-refractivity contribution in [3.63, 3.8) is 0 Å². The average molecular weight is 346 g/mol. The minimum absolute atomic E-state index is 0.0293. The molecule has 0 saturated heterocycles. The van der Waals surface area contributed by atoms with Crippen LogP contribution >= 0.6 is 34.5 Å². The molecule has 0 aromatic carbocycles. The van der Waals surface area contributed by atoms with Gasteiger partial charge in [-0.3, -0.25) is 0 Å². The number of halogens is 2. The zero-order chi connectivity index (χ0) is 14.6. The van der Waals surface area contributed by atoms with E-state index >= 15 is 0 Å². The second-order valence-electron chi connectivity index (χ2n) is 4.18. The summed E-state index contributed by atoms with van der Waals surface area (Å²) in [6.45, 7) is 3.89. The van der Waals surface area contributed by atoms with Gasteiger partial charge in [-0.15, -0.1) is 11.3 Å². The first kappa shape index (κ1) is 17.2. The largest absolute Gasteiger partial charge is 0.391 e. The molecule has 8 heteroatoms. The highest BCUT2D eigenvalue weighted by atomic mass is 35.5. The molecule has 0 saturated carbocycles. The molecular formula is C11H17Cl2NO3S2. The highest BCUT2D eigenvalue weighted by molar-refractivity contribution is 7.89. The average Bonchev–Trinajstić information content (AvgIpc) is 2.68. The van der Waals surface area contributed by atoms with Crippen molar-refractivity contribution in [3.05, 3.63) is 14.7 Å². The predicted octanol–water partition coefficient (Wildman–Crippen LogP) is 3.13. The second kappa shape index (κ2) is 7.24. The molecule has 0 spiro atoms. The SMILES string of the molecule is CCC(CC)C(O)CNS(=O)(=O)c1cc(Cl)sc1Cl. The van der Waals surface area contributed by atoms with Gasteiger partial charge in [0, 0.05) is 6.54 Å². The van der Waals surface area contributed by atoms with Gasteiger partial charge in [0.1, 0.15) is 9.23 Å². The topological polar surface area (TPSA) is 66.4 Å². The van der Waals surface area contributed by atoms with E-state index in [0.717, 1.165) is 24.2 Å². The number of aliphatic hydroxyl groups is 1. The summed E-state index contributed by atoms with van der Waals surface area (Å²) < 4.78 is 26.8. The van der Waals surface area contributed by atoms with Crippen LogP contribution in [0.25, 0.3) is 0 Å². The lowest BCUT2D eigenvalue weighted by Gasteiger charge is -2.20. The van der Waals surface area contributed by atoms with Crippen LogP contribution in [0, 0.1) is 5.92 Å². The first-order chi connectivity index (χ1) is 8.81. The lowest BCUT2D eigenvalue weighted by Crippen LogP contribution is -2.36. The quantitative estimate of drug-likeness (QED) is 0.797. The van der Waals surface area contributed by atoms with Gasteiger partial charge in [-0.05, 0) is 12.0 Å². The van der Waals surface area contributed by atoms with Crippen LogP contribution in [0.2, 0.25) is 8.67 Å². The van der Waals surface area contributed by atoms with Crippen LogP contribution in [0.4, 0.5) is 0 Å². The van der Waals surface area contributed by atoms with E-state index in [-0.39, 0.29) is 21.7 Å². The summed E-state index contributed by atoms with van der Waals surface area (Å²) in [5.74, 6) is 0.0734. The molecule has 0 bridgehead atoms. The van der Waals surface area contributed by atoms with Crippen LogP contribution < -0.4 is 4.72 Å². The smallest absolute Gasteiger partial charge is 0.243 e. The Morgan fingerprint density at radius 3 is 2.37 bits per heavy atom. The first-order valence-electron chi connectivity index (χ1n) is 5.94. The van der Waals surface area contributed by atoms with Gasteiger partial charge < -0.3 is 5.11 Å². The second-order valence-corrected chi connectivity index (χ2v) is 8.21. The third kappa shape index (κ3) is 4.58. The molecule has 19 heavy (non-hydrogen) atoms. The molecule has 1 aromatic heterocycles. The van der Waals surface area contributed by atoms with Crippen molar-refractivity contribution in [2.24, 2.45) is 5.92 Å². The zero-order valence-electron chi connectivity index (χ0n) is 10.7. The fraction of sp³-hybridized carbons (Fsp3) is 0.636. The van der Waals surface area contributed by atoms with Crippen molar-refractivity contribution in [1.82, 2.24) is 4.72 Å². The zero-order valence-corrected chi connectivity index (χ0v) is 13.8. The van der Waals surface area contributed by atoms with E-state index < -0.39 is 16.1 Å². The minimum Gasteiger partial charge on any atom is -0.391 e. The highest BCUT2D eigenvalue weighted by Gasteiger charge is 2.23. The van der Waals surface area contributed by atoms with Crippen LogP contribution in [0.5, 0.6) is 0 Å². The normalized spacial score (nSPS) is 14.0. The Balaban J connectivity index is 2.74. The summed E-state index contributed by atoms with van der Waals surface area (Å²) in [6, 6.07) is 1.31. The Labute approximate surface area is 127 Å². The lowest BCUT2D eigenvalue weighted by molar-refractivity contribution is 0.107. The fourth-order valence-corrected chi connectivity index (χ4v) is 4.98. The first-order valence-corrected chi connectivity index (χ1v) is 8.99. The maximum Gasteiger partial charge on any atom is 0.243 e.